The molecule has 1 unspecified atom stereocenters. The molecule has 2 amide bonds. The van der Waals surface area contributed by atoms with E-state index in [0.29, 0.717) is 19.4 Å². The molecule has 0 aliphatic heterocycles. The number of aliphatic carboxylic acids is 1. The summed E-state index contributed by atoms with van der Waals surface area (Å²) in [5.74, 6) is -1.19. The second-order valence-electron chi connectivity index (χ2n) is 9.35. The predicted molar refractivity (Wildman–Crippen MR) is 133 cm³/mol. The number of ether oxygens (including phenoxy) is 1. The molecule has 2 aliphatic rings. The molecule has 0 radical (unpaired) electrons. The Morgan fingerprint density at radius 3 is 2.17 bits per heavy atom. The molecule has 2 aromatic rings. The molecule has 0 bridgehead atoms. The van der Waals surface area contributed by atoms with Gasteiger partial charge in [0.2, 0.25) is 5.91 Å². The highest BCUT2D eigenvalue weighted by Gasteiger charge is 2.30. The molecule has 4 rings (SSSR count). The predicted octanol–water partition coefficient (Wildman–Crippen LogP) is 4.48. The number of rotatable bonds is 9. The summed E-state index contributed by atoms with van der Waals surface area (Å²) in [6.45, 7) is 4.32. The molecule has 0 saturated heterocycles. The number of carbonyl (C=O) groups excluding carboxylic acids is 2. The van der Waals surface area contributed by atoms with Crippen LogP contribution in [0.5, 0.6) is 0 Å². The lowest BCUT2D eigenvalue weighted by Gasteiger charge is -2.28. The van der Waals surface area contributed by atoms with Crippen LogP contribution in [-0.2, 0) is 14.3 Å². The molecule has 184 valence electrons. The van der Waals surface area contributed by atoms with E-state index >= 15 is 0 Å². The molecule has 0 heterocycles. The smallest absolute Gasteiger partial charge is 0.407 e. The van der Waals surface area contributed by atoms with E-state index in [1.807, 2.05) is 24.3 Å². The summed E-state index contributed by atoms with van der Waals surface area (Å²) in [4.78, 5) is 36.1. The van der Waals surface area contributed by atoms with Gasteiger partial charge >= 0.3 is 12.1 Å². The van der Waals surface area contributed by atoms with Crippen LogP contribution in [0.15, 0.2) is 61.2 Å². The van der Waals surface area contributed by atoms with E-state index in [0.717, 1.165) is 12.8 Å². The van der Waals surface area contributed by atoms with Gasteiger partial charge in [-0.1, -0.05) is 54.6 Å². The van der Waals surface area contributed by atoms with Crippen LogP contribution in [0.3, 0.4) is 0 Å². The van der Waals surface area contributed by atoms with Gasteiger partial charge in [0.25, 0.3) is 0 Å². The van der Waals surface area contributed by atoms with Crippen LogP contribution >= 0.6 is 0 Å². The highest BCUT2D eigenvalue weighted by molar-refractivity contribution is 5.85. The molecule has 0 spiro atoms. The molecule has 1 atom stereocenters. The first kappa shape index (κ1) is 24.5. The number of alkyl carbamates (subject to hydrolysis) is 1. The van der Waals surface area contributed by atoms with Crippen LogP contribution in [0.25, 0.3) is 11.1 Å². The largest absolute Gasteiger partial charge is 0.480 e. The fraction of sp³-hybridized carbons (Fsp3) is 0.393. The molecular weight excluding hydrogens is 444 g/mol. The molecule has 0 aromatic heterocycles. The van der Waals surface area contributed by atoms with Gasteiger partial charge in [0.05, 0.1) is 0 Å². The summed E-state index contributed by atoms with van der Waals surface area (Å²) in [5.41, 5.74) is 4.74. The second kappa shape index (κ2) is 11.2. The lowest BCUT2D eigenvalue weighted by molar-refractivity contribution is -0.142. The number of hydrogen-bond donors (Lipinski definition) is 3. The Morgan fingerprint density at radius 2 is 1.60 bits per heavy atom. The summed E-state index contributed by atoms with van der Waals surface area (Å²) in [6, 6.07) is 15.5. The maximum absolute atomic E-state index is 12.4. The van der Waals surface area contributed by atoms with Crippen molar-refractivity contribution < 1.29 is 24.2 Å². The van der Waals surface area contributed by atoms with Gasteiger partial charge < -0.3 is 20.5 Å². The van der Waals surface area contributed by atoms with Gasteiger partial charge in [0, 0.05) is 18.4 Å². The zero-order chi connectivity index (χ0) is 24.8. The Morgan fingerprint density at radius 1 is 1.00 bits per heavy atom. The molecule has 2 aliphatic carbocycles. The Kier molecular flexibility index (Phi) is 7.85. The van der Waals surface area contributed by atoms with E-state index in [1.165, 1.54) is 28.3 Å². The normalized spacial score (nSPS) is 19.7. The third-order valence-electron chi connectivity index (χ3n) is 7.11. The van der Waals surface area contributed by atoms with E-state index in [9.17, 15) is 19.5 Å². The van der Waals surface area contributed by atoms with Crippen molar-refractivity contribution >= 4 is 18.0 Å². The minimum atomic E-state index is -1.06. The van der Waals surface area contributed by atoms with Gasteiger partial charge in [-0.2, -0.15) is 0 Å². The lowest BCUT2D eigenvalue weighted by Crippen LogP contribution is -2.44. The van der Waals surface area contributed by atoms with E-state index in [4.69, 9.17) is 4.74 Å². The molecule has 35 heavy (non-hydrogen) atoms. The second-order valence-corrected chi connectivity index (χ2v) is 9.35. The Bertz CT molecular complexity index is 1040. The summed E-state index contributed by atoms with van der Waals surface area (Å²) < 4.78 is 5.60. The van der Waals surface area contributed by atoms with Crippen molar-refractivity contribution in [1.29, 1.82) is 0 Å². The average molecular weight is 477 g/mol. The van der Waals surface area contributed by atoms with Crippen molar-refractivity contribution in [1.82, 2.24) is 10.6 Å². The standard InChI is InChI=1S/C28H32N2O5/c1-2-7-25(27(32)33)30-26(31)19-14-12-18(13-15-19)16-29-28(34)35-17-24-22-10-5-3-8-20(22)21-9-4-6-11-23(21)24/h2-6,8-11,18-19,24-25H,1,7,12-17H2,(H,29,34)(H,30,31)(H,32,33). The highest BCUT2D eigenvalue weighted by atomic mass is 16.5. The van der Waals surface area contributed by atoms with Gasteiger partial charge in [-0.15, -0.1) is 6.58 Å². The molecule has 1 saturated carbocycles. The quantitative estimate of drug-likeness (QED) is 0.463. The van der Waals surface area contributed by atoms with E-state index in [1.54, 1.807) is 0 Å². The van der Waals surface area contributed by atoms with Crippen LogP contribution in [-0.4, -0.2) is 42.3 Å². The van der Waals surface area contributed by atoms with Crippen LogP contribution in [0.4, 0.5) is 4.79 Å². The SMILES string of the molecule is C=CCC(NC(=O)C1CCC(CNC(=O)OCC2c3ccccc3-c3ccccc32)CC1)C(=O)O. The molecule has 7 nitrogen and oxygen atoms in total. The minimum absolute atomic E-state index is 0.0258. The van der Waals surface area contributed by atoms with Gasteiger partial charge in [-0.05, 0) is 60.3 Å². The van der Waals surface area contributed by atoms with Crippen molar-refractivity contribution in [3.8, 4) is 11.1 Å². The lowest BCUT2D eigenvalue weighted by atomic mass is 9.81. The zero-order valence-corrected chi connectivity index (χ0v) is 19.7. The van der Waals surface area contributed by atoms with Crippen molar-refractivity contribution in [2.45, 2.75) is 44.1 Å². The number of carboxylic acid groups (broad SMARTS) is 1. The molecule has 2 aromatic carbocycles. The van der Waals surface area contributed by atoms with Crippen LogP contribution in [0.2, 0.25) is 0 Å². The fourth-order valence-corrected chi connectivity index (χ4v) is 5.18. The number of carboxylic acids is 1. The number of amides is 2. The van der Waals surface area contributed by atoms with E-state index in [-0.39, 0.29) is 36.7 Å². The summed E-state index contributed by atoms with van der Waals surface area (Å²) in [6.07, 6.45) is 4.18. The number of benzene rings is 2. The molecular formula is C28H32N2O5. The summed E-state index contributed by atoms with van der Waals surface area (Å²) in [7, 11) is 0. The van der Waals surface area contributed by atoms with Crippen molar-refractivity contribution in [2.24, 2.45) is 11.8 Å². The number of nitrogens with one attached hydrogen (secondary N) is 2. The molecule has 3 N–H and O–H groups in total. The third-order valence-corrected chi connectivity index (χ3v) is 7.11. The first-order valence-corrected chi connectivity index (χ1v) is 12.2. The Hall–Kier alpha value is -3.61. The third kappa shape index (κ3) is 5.73. The number of carbonyl (C=O) groups is 3. The Balaban J connectivity index is 1.21. The zero-order valence-electron chi connectivity index (χ0n) is 19.7. The van der Waals surface area contributed by atoms with E-state index in [2.05, 4.69) is 41.5 Å². The topological polar surface area (TPSA) is 105 Å². The fourth-order valence-electron chi connectivity index (χ4n) is 5.18. The van der Waals surface area contributed by atoms with Crippen molar-refractivity contribution in [2.75, 3.05) is 13.2 Å². The van der Waals surface area contributed by atoms with E-state index < -0.39 is 18.1 Å². The number of fused-ring (bicyclic) bond motifs is 3. The molecule has 7 heteroatoms. The number of hydrogen-bond acceptors (Lipinski definition) is 4. The monoisotopic (exact) mass is 476 g/mol. The highest BCUT2D eigenvalue weighted by Crippen LogP contribution is 2.44. The summed E-state index contributed by atoms with van der Waals surface area (Å²) >= 11 is 0. The van der Waals surface area contributed by atoms with Gasteiger partial charge in [0.1, 0.15) is 12.6 Å². The van der Waals surface area contributed by atoms with Crippen LogP contribution < -0.4 is 10.6 Å². The van der Waals surface area contributed by atoms with Crippen LogP contribution in [0, 0.1) is 11.8 Å². The average Bonchev–Trinajstić information content (AvgIpc) is 3.20. The first-order chi connectivity index (χ1) is 17.0. The summed E-state index contributed by atoms with van der Waals surface area (Å²) in [5, 5.41) is 14.7. The van der Waals surface area contributed by atoms with Gasteiger partial charge in [-0.25, -0.2) is 9.59 Å². The molecule has 1 fully saturated rings. The van der Waals surface area contributed by atoms with Crippen LogP contribution in [0.1, 0.15) is 49.1 Å². The van der Waals surface area contributed by atoms with Crippen molar-refractivity contribution in [3.05, 3.63) is 72.3 Å². The maximum Gasteiger partial charge on any atom is 0.407 e. The maximum atomic E-state index is 12.4. The Labute approximate surface area is 205 Å². The van der Waals surface area contributed by atoms with Gasteiger partial charge in [0.15, 0.2) is 0 Å². The minimum Gasteiger partial charge on any atom is -0.480 e. The first-order valence-electron chi connectivity index (χ1n) is 12.2. The van der Waals surface area contributed by atoms with Gasteiger partial charge in [-0.3, -0.25) is 4.79 Å². The van der Waals surface area contributed by atoms with Crippen molar-refractivity contribution in [3.63, 3.8) is 0 Å².